The van der Waals surface area contributed by atoms with Crippen molar-refractivity contribution in [1.82, 2.24) is 15.6 Å². The number of hydrogen-bond donors (Lipinski definition) is 6. The molecule has 0 saturated carbocycles. The van der Waals surface area contributed by atoms with E-state index in [1.807, 2.05) is 13.8 Å². The molecule has 67 heavy (non-hydrogen) atoms. The number of aliphatic imine (C=N–C) groups is 1. The van der Waals surface area contributed by atoms with Crippen LogP contribution in [0.1, 0.15) is 44.9 Å². The predicted octanol–water partition coefficient (Wildman–Crippen LogP) is 2.66. The number of phenols is 1. The average molecular weight is 997 g/mol. The minimum absolute atomic E-state index is 0.0602. The standard InChI is InChI=1S/C47H56N4O12S4/c1-24(2)49-32-23-60-37(22-36(32)58-4)63-42-44(56)47(66-6,43(55)41-40-27(16-18-48-41)30-20-26(52)14-15-31(30)50-40)25(3)61-45(42)62-35-13-11-9-8-10-12-29-38(35)28(17-19-67(7,64)65)33(53)21-34(54)39(29)51-46(57)59-5/h8-9,14-15,17,20,24-25,32-33,35-38,42,44-45,49-50,52-53,56H,16,18-19,21-23H2,1-7H3,(H,51,57)/b9-8-,28-17-/t25?,32?,33-,35-,36?,37?,38?,42?,44?,45?,47?/m0/s1. The Hall–Kier alpha value is -4.00. The van der Waals surface area contributed by atoms with Crippen LogP contribution in [0.3, 0.4) is 0 Å². The van der Waals surface area contributed by atoms with Crippen LogP contribution >= 0.6 is 11.8 Å². The molecular weight excluding hydrogens is 941 g/mol. The summed E-state index contributed by atoms with van der Waals surface area (Å²) in [6, 6.07) is 4.87. The van der Waals surface area contributed by atoms with E-state index in [0.29, 0.717) is 17.6 Å². The zero-order valence-electron chi connectivity index (χ0n) is 38.2. The number of aliphatic hydroxyl groups excluding tert-OH is 2. The number of Topliss-reactive ketones (excluding diaryl/α,β-unsaturated/α-hetero) is 2. The van der Waals surface area contributed by atoms with Gasteiger partial charge in [0.25, 0.3) is 0 Å². The molecule has 9 unspecified atom stereocenters. The van der Waals surface area contributed by atoms with E-state index in [9.17, 15) is 24.9 Å². The summed E-state index contributed by atoms with van der Waals surface area (Å²) in [4.78, 5) is 50.1. The van der Waals surface area contributed by atoms with Crippen molar-refractivity contribution in [3.05, 3.63) is 64.5 Å². The summed E-state index contributed by atoms with van der Waals surface area (Å²) in [5.41, 5.74) is 2.19. The number of carbonyl (C=O) groups is 3. The second-order valence-corrected chi connectivity index (χ2v) is 25.5. The van der Waals surface area contributed by atoms with E-state index in [4.69, 9.17) is 55.8 Å². The Balaban J connectivity index is 1.34. The molecule has 4 heterocycles. The van der Waals surface area contributed by atoms with Crippen molar-refractivity contribution >= 4 is 75.6 Å². The topological polar surface area (TPSA) is 219 Å². The Labute approximate surface area is 403 Å². The van der Waals surface area contributed by atoms with Gasteiger partial charge in [-0.3, -0.25) is 19.9 Å². The summed E-state index contributed by atoms with van der Waals surface area (Å²) in [5.74, 6) is 9.88. The maximum Gasteiger partial charge on any atom is 0.411 e. The Kier molecular flexibility index (Phi) is 16.2. The van der Waals surface area contributed by atoms with Crippen LogP contribution in [0, 0.1) is 29.6 Å². The Morgan fingerprint density at radius 1 is 1.18 bits per heavy atom. The van der Waals surface area contributed by atoms with E-state index < -0.39 is 85.0 Å². The van der Waals surface area contributed by atoms with Gasteiger partial charge in [-0.05, 0) is 89.7 Å². The van der Waals surface area contributed by atoms with Crippen molar-refractivity contribution in [2.45, 2.75) is 106 Å². The van der Waals surface area contributed by atoms with Crippen LogP contribution in [0.2, 0.25) is 0 Å². The van der Waals surface area contributed by atoms with Crippen molar-refractivity contribution < 1.29 is 58.1 Å². The van der Waals surface area contributed by atoms with Crippen molar-refractivity contribution in [3.63, 3.8) is 0 Å². The number of methoxy groups -OCH3 is 2. The highest BCUT2D eigenvalue weighted by atomic mass is 33.1. The van der Waals surface area contributed by atoms with Gasteiger partial charge < -0.3 is 54.0 Å². The summed E-state index contributed by atoms with van der Waals surface area (Å²) in [6.45, 7) is 6.15. The van der Waals surface area contributed by atoms with Gasteiger partial charge in [0, 0.05) is 54.8 Å². The number of thioether (sulfide) groups is 1. The number of nitrogens with one attached hydrogen (secondary N) is 3. The van der Waals surface area contributed by atoms with E-state index in [0.717, 1.165) is 29.8 Å². The van der Waals surface area contributed by atoms with Gasteiger partial charge in [-0.15, -0.1) is 11.8 Å². The molecule has 1 aromatic heterocycles. The first-order chi connectivity index (χ1) is 31.9. The van der Waals surface area contributed by atoms with Gasteiger partial charge in [-0.2, -0.15) is 0 Å². The van der Waals surface area contributed by atoms with Crippen LogP contribution in [0.5, 0.6) is 5.75 Å². The number of alkyl carbamates (subject to hydrolysis) is 1. The first-order valence-electron chi connectivity index (χ1n) is 21.8. The van der Waals surface area contributed by atoms with Crippen molar-refractivity contribution in [2.24, 2.45) is 10.9 Å². The summed E-state index contributed by atoms with van der Waals surface area (Å²) in [5, 5.41) is 41.9. The summed E-state index contributed by atoms with van der Waals surface area (Å²) in [6.07, 6.45) is -2.44. The molecule has 2 aromatic rings. The number of phenolic OH excluding ortho intramolecular Hbond substituents is 1. The lowest BCUT2D eigenvalue weighted by Gasteiger charge is -2.51. The molecule has 0 radical (unpaired) electrons. The predicted molar refractivity (Wildman–Crippen MR) is 261 cm³/mol. The summed E-state index contributed by atoms with van der Waals surface area (Å²) >= 11 is 12.3. The third kappa shape index (κ3) is 10.8. The lowest BCUT2D eigenvalue weighted by Crippen LogP contribution is -2.70. The van der Waals surface area contributed by atoms with Crippen molar-refractivity contribution in [1.29, 1.82) is 0 Å². The molecule has 11 atom stereocenters. The zero-order valence-corrected chi connectivity index (χ0v) is 41.4. The lowest BCUT2D eigenvalue weighted by atomic mass is 9.81. The number of hydrogen-bond acceptors (Lipinski definition) is 17. The molecule has 360 valence electrons. The molecule has 5 aliphatic rings. The number of benzene rings is 1. The summed E-state index contributed by atoms with van der Waals surface area (Å²) in [7, 11) is 0.707. The fourth-order valence-electron chi connectivity index (χ4n) is 9.26. The molecule has 2 aliphatic carbocycles. The SMILES string of the molecule is COC(=O)NC1=C2C#C/C=C\C#C[C@H](OC3OC(C)C(SC)(C(=O)C4=NCCc5c4[nH]c4ccc(O)cc54)C(O)C3OC3CC(OC)C(NC(C)C)CO3)C2/C(=C\CS(C)(=S)=S)[C@@H](O)CC1=O. The Morgan fingerprint density at radius 2 is 1.94 bits per heavy atom. The molecule has 1 amide bonds. The maximum atomic E-state index is 15.4. The second kappa shape index (κ2) is 21.3. The number of ether oxygens (including phenoxy) is 6. The highest BCUT2D eigenvalue weighted by molar-refractivity contribution is 8.56. The third-order valence-corrected chi connectivity index (χ3v) is 15.4. The molecule has 20 heteroatoms. The molecule has 2 fully saturated rings. The minimum atomic E-state index is -2.03. The normalized spacial score (nSPS) is 32.0. The number of fused-ring (bicyclic) bond motifs is 4. The smallest absolute Gasteiger partial charge is 0.411 e. The van der Waals surface area contributed by atoms with E-state index in [-0.39, 0.29) is 71.8 Å². The maximum absolute atomic E-state index is 15.4. The second-order valence-electron chi connectivity index (χ2n) is 17.2. The highest BCUT2D eigenvalue weighted by Gasteiger charge is 2.62. The quantitative estimate of drug-likeness (QED) is 0.126. The van der Waals surface area contributed by atoms with E-state index in [2.05, 4.69) is 39.3 Å². The molecular formula is C47H56N4O12S4. The monoisotopic (exact) mass is 996 g/mol. The first-order valence-corrected chi connectivity index (χ1v) is 27.1. The van der Waals surface area contributed by atoms with Gasteiger partial charge in [0.1, 0.15) is 34.5 Å². The largest absolute Gasteiger partial charge is 0.508 e. The number of ketones is 2. The number of aromatic hydroxyl groups is 1. The Bertz CT molecular complexity index is 2640. The van der Waals surface area contributed by atoms with E-state index >= 15 is 4.79 Å². The molecule has 7 rings (SSSR count). The van der Waals surface area contributed by atoms with Crippen LogP contribution < -0.4 is 10.6 Å². The molecule has 16 nitrogen and oxygen atoms in total. The van der Waals surface area contributed by atoms with Gasteiger partial charge in [-0.1, -0.05) is 50.8 Å². The van der Waals surface area contributed by atoms with Crippen LogP contribution in [0.25, 0.3) is 10.9 Å². The van der Waals surface area contributed by atoms with Gasteiger partial charge in [0.05, 0.1) is 55.4 Å². The number of carbonyl (C=O) groups excluding carboxylic acids is 3. The minimum Gasteiger partial charge on any atom is -0.508 e. The number of allylic oxidation sites excluding steroid dienone is 3. The highest BCUT2D eigenvalue weighted by Crippen LogP contribution is 2.45. The number of rotatable bonds is 13. The number of aromatic nitrogens is 1. The van der Waals surface area contributed by atoms with Crippen LogP contribution in [0.4, 0.5) is 4.79 Å². The van der Waals surface area contributed by atoms with E-state index in [1.165, 1.54) is 12.2 Å². The number of nitrogens with zero attached hydrogens (tertiary/aromatic N) is 1. The van der Waals surface area contributed by atoms with Gasteiger partial charge >= 0.3 is 6.09 Å². The molecule has 0 spiro atoms. The fourth-order valence-corrected chi connectivity index (χ4v) is 11.2. The third-order valence-electron chi connectivity index (χ3n) is 12.4. The molecule has 2 saturated heterocycles. The Morgan fingerprint density at radius 3 is 2.64 bits per heavy atom. The van der Waals surface area contributed by atoms with Crippen molar-refractivity contribution in [2.75, 3.05) is 45.6 Å². The number of H-pyrrole nitrogens is 1. The average Bonchev–Trinajstić information content (AvgIpc) is 3.65. The van der Waals surface area contributed by atoms with Crippen molar-refractivity contribution in [3.8, 4) is 29.4 Å². The first kappa shape index (κ1) is 50.9. The van der Waals surface area contributed by atoms with Crippen LogP contribution in [-0.2, 0) is 74.0 Å². The molecule has 1 aromatic carbocycles. The van der Waals surface area contributed by atoms with E-state index in [1.54, 1.807) is 50.8 Å². The number of aliphatic hydroxyl groups is 2. The van der Waals surface area contributed by atoms with Gasteiger partial charge in [0.15, 0.2) is 18.4 Å². The molecule has 3 aliphatic heterocycles. The van der Waals surface area contributed by atoms with Gasteiger partial charge in [0.2, 0.25) is 5.78 Å². The summed E-state index contributed by atoms with van der Waals surface area (Å²) < 4.78 is 35.8. The zero-order chi connectivity index (χ0) is 48.4. The lowest BCUT2D eigenvalue weighted by molar-refractivity contribution is -0.326. The van der Waals surface area contributed by atoms with Crippen LogP contribution in [-0.4, -0.2) is 155 Å². The van der Waals surface area contributed by atoms with Gasteiger partial charge in [-0.25, -0.2) is 4.79 Å². The number of aromatic amines is 1. The fraction of sp³-hybridized carbons (Fsp3) is 0.532. The number of amides is 1. The molecule has 6 N–H and O–H groups in total. The van der Waals surface area contributed by atoms with Crippen LogP contribution in [0.15, 0.2) is 58.3 Å². The molecule has 0 bridgehead atoms.